The lowest BCUT2D eigenvalue weighted by molar-refractivity contribution is 0.163. The minimum absolute atomic E-state index is 0.330. The summed E-state index contributed by atoms with van der Waals surface area (Å²) >= 11 is 0. The van der Waals surface area contributed by atoms with Crippen LogP contribution in [-0.4, -0.2) is 19.0 Å². The van der Waals surface area contributed by atoms with E-state index >= 15 is 0 Å². The van der Waals surface area contributed by atoms with Crippen molar-refractivity contribution in [3.63, 3.8) is 0 Å². The first-order valence-corrected chi connectivity index (χ1v) is 2.22. The summed E-state index contributed by atoms with van der Waals surface area (Å²) in [6.45, 7) is 2.03. The Hall–Kier alpha value is -1.06. The van der Waals surface area contributed by atoms with Gasteiger partial charge in [-0.2, -0.15) is 4.99 Å². The number of hydrogen-bond acceptors (Lipinski definition) is 2. The molecule has 0 heterocycles. The maximum atomic E-state index is 10.1. The maximum absolute atomic E-state index is 10.1. The predicted octanol–water partition coefficient (Wildman–Crippen LogP) is 0.130. The molecule has 0 aliphatic carbocycles. The van der Waals surface area contributed by atoms with Crippen LogP contribution in [0.25, 0.3) is 0 Å². The summed E-state index contributed by atoms with van der Waals surface area (Å²) in [6, 6.07) is 0. The molecule has 0 aliphatic rings. The molecular formula is C4H8N2O2. The average Bonchev–Trinajstić information content (AvgIpc) is 1.68. The second-order valence-electron chi connectivity index (χ2n) is 0.977. The quantitative estimate of drug-likeness (QED) is 0.391. The van der Waals surface area contributed by atoms with Crippen molar-refractivity contribution in [1.29, 1.82) is 0 Å². The van der Waals surface area contributed by atoms with Gasteiger partial charge in [0.05, 0.1) is 12.9 Å². The molecule has 0 spiro atoms. The van der Waals surface area contributed by atoms with Gasteiger partial charge in [0.15, 0.2) is 0 Å². The van der Waals surface area contributed by atoms with Gasteiger partial charge in [-0.15, -0.1) is 0 Å². The third kappa shape index (κ3) is 3.14. The van der Waals surface area contributed by atoms with Crippen molar-refractivity contribution in [2.75, 3.05) is 6.61 Å². The highest BCUT2D eigenvalue weighted by molar-refractivity contribution is 5.77. The van der Waals surface area contributed by atoms with Crippen molar-refractivity contribution >= 4 is 12.4 Å². The highest BCUT2D eigenvalue weighted by Crippen LogP contribution is 1.78. The van der Waals surface area contributed by atoms with Gasteiger partial charge in [-0.25, -0.2) is 4.79 Å². The van der Waals surface area contributed by atoms with Gasteiger partial charge in [-0.05, 0) is 6.92 Å². The first-order chi connectivity index (χ1) is 3.81. The molecule has 0 bridgehead atoms. The number of ether oxygens (including phenoxy) is 1. The molecule has 0 rings (SSSR count). The Morgan fingerprint density at radius 2 is 2.62 bits per heavy atom. The molecule has 0 aromatic carbocycles. The van der Waals surface area contributed by atoms with Crippen LogP contribution in [0, 0.1) is 0 Å². The van der Waals surface area contributed by atoms with Gasteiger partial charge in [0, 0.05) is 0 Å². The number of carbonyl (C=O) groups is 1. The average molecular weight is 116 g/mol. The van der Waals surface area contributed by atoms with E-state index in [0.717, 1.165) is 6.34 Å². The van der Waals surface area contributed by atoms with Gasteiger partial charge in [-0.1, -0.05) is 0 Å². The molecule has 4 heteroatoms. The van der Waals surface area contributed by atoms with Crippen LogP contribution in [0.5, 0.6) is 0 Å². The number of nitrogens with zero attached hydrogens (tertiary/aromatic N) is 1. The van der Waals surface area contributed by atoms with Crippen molar-refractivity contribution in [3.05, 3.63) is 0 Å². The molecule has 1 amide bonds. The molecule has 0 atom stereocenters. The number of carbonyl (C=O) groups excluding carboxylic acids is 1. The van der Waals surface area contributed by atoms with Crippen molar-refractivity contribution in [2.45, 2.75) is 6.92 Å². The fraction of sp³-hybridized carbons (Fsp3) is 0.500. The smallest absolute Gasteiger partial charge is 0.434 e. The van der Waals surface area contributed by atoms with E-state index in [1.807, 2.05) is 0 Å². The van der Waals surface area contributed by atoms with Crippen LogP contribution >= 0.6 is 0 Å². The Morgan fingerprint density at radius 3 is 3.00 bits per heavy atom. The maximum Gasteiger partial charge on any atom is 0.434 e. The number of nitrogens with two attached hydrogens (primary N) is 1. The minimum Gasteiger partial charge on any atom is -0.448 e. The first kappa shape index (κ1) is 6.94. The minimum atomic E-state index is -0.644. The zero-order valence-electron chi connectivity index (χ0n) is 4.63. The molecule has 0 fully saturated rings. The molecular weight excluding hydrogens is 108 g/mol. The molecule has 0 radical (unpaired) electrons. The largest absolute Gasteiger partial charge is 0.448 e. The van der Waals surface area contributed by atoms with Crippen molar-refractivity contribution in [1.82, 2.24) is 0 Å². The van der Waals surface area contributed by atoms with Crippen LogP contribution < -0.4 is 5.73 Å². The number of aliphatic imine (C=N–C) groups is 1. The molecule has 8 heavy (non-hydrogen) atoms. The van der Waals surface area contributed by atoms with Gasteiger partial charge in [0.2, 0.25) is 0 Å². The molecule has 46 valence electrons. The van der Waals surface area contributed by atoms with Crippen molar-refractivity contribution in [2.24, 2.45) is 10.7 Å². The molecule has 0 unspecified atom stereocenters. The van der Waals surface area contributed by atoms with Crippen LogP contribution in [0.15, 0.2) is 4.99 Å². The normalized spacial score (nSPS) is 9.62. The lowest BCUT2D eigenvalue weighted by Crippen LogP contribution is -2.00. The zero-order valence-corrected chi connectivity index (χ0v) is 4.63. The van der Waals surface area contributed by atoms with Crippen LogP contribution in [0.3, 0.4) is 0 Å². The standard InChI is InChI=1S/C4H8N2O2/c1-2-8-4(7)6-3-5/h3H,2H2,1H3,(H2,5,6,7). The first-order valence-electron chi connectivity index (χ1n) is 2.22. The molecule has 0 saturated carbocycles. The van der Waals surface area contributed by atoms with E-state index in [1.165, 1.54) is 0 Å². The second-order valence-corrected chi connectivity index (χ2v) is 0.977. The molecule has 0 aliphatic heterocycles. The Kier molecular flexibility index (Phi) is 3.56. The van der Waals surface area contributed by atoms with E-state index in [9.17, 15) is 4.79 Å². The Labute approximate surface area is 47.3 Å². The lowest BCUT2D eigenvalue weighted by Gasteiger charge is -1.90. The van der Waals surface area contributed by atoms with Crippen LogP contribution in [0.1, 0.15) is 6.92 Å². The van der Waals surface area contributed by atoms with E-state index in [2.05, 4.69) is 9.73 Å². The Bertz CT molecular complexity index is 100. The molecule has 4 nitrogen and oxygen atoms in total. The van der Waals surface area contributed by atoms with Gasteiger partial charge in [0.25, 0.3) is 0 Å². The van der Waals surface area contributed by atoms with Crippen LogP contribution in [-0.2, 0) is 4.74 Å². The van der Waals surface area contributed by atoms with Gasteiger partial charge >= 0.3 is 6.09 Å². The molecule has 2 N–H and O–H groups in total. The summed E-state index contributed by atoms with van der Waals surface area (Å²) in [5.41, 5.74) is 4.77. The summed E-state index contributed by atoms with van der Waals surface area (Å²) in [6.07, 6.45) is 0.257. The van der Waals surface area contributed by atoms with Crippen molar-refractivity contribution in [3.8, 4) is 0 Å². The molecule has 0 aromatic rings. The number of hydrogen-bond donors (Lipinski definition) is 1. The summed E-state index contributed by atoms with van der Waals surface area (Å²) in [5.74, 6) is 0. The fourth-order valence-electron chi connectivity index (χ4n) is 0.222. The number of amides is 1. The number of rotatable bonds is 1. The third-order valence-electron chi connectivity index (χ3n) is 0.448. The second kappa shape index (κ2) is 4.11. The van der Waals surface area contributed by atoms with E-state index in [1.54, 1.807) is 6.92 Å². The Morgan fingerprint density at radius 1 is 2.00 bits per heavy atom. The Balaban J connectivity index is 3.33. The zero-order chi connectivity index (χ0) is 6.41. The van der Waals surface area contributed by atoms with Crippen LogP contribution in [0.2, 0.25) is 0 Å². The lowest BCUT2D eigenvalue weighted by atomic mass is 10.9. The van der Waals surface area contributed by atoms with Gasteiger partial charge in [0.1, 0.15) is 0 Å². The monoisotopic (exact) mass is 116 g/mol. The van der Waals surface area contributed by atoms with Crippen LogP contribution in [0.4, 0.5) is 4.79 Å². The summed E-state index contributed by atoms with van der Waals surface area (Å²) in [7, 11) is 0. The van der Waals surface area contributed by atoms with Gasteiger partial charge < -0.3 is 10.5 Å². The predicted molar refractivity (Wildman–Crippen MR) is 29.7 cm³/mol. The SMILES string of the molecule is CCOC(=O)N=CN. The van der Waals surface area contributed by atoms with Crippen molar-refractivity contribution < 1.29 is 9.53 Å². The summed E-state index contributed by atoms with van der Waals surface area (Å²) < 4.78 is 4.37. The van der Waals surface area contributed by atoms with E-state index in [0.29, 0.717) is 6.61 Å². The van der Waals surface area contributed by atoms with Gasteiger partial charge in [-0.3, -0.25) is 0 Å². The highest BCUT2D eigenvalue weighted by atomic mass is 16.5. The molecule has 0 aromatic heterocycles. The molecule has 0 saturated heterocycles. The summed E-state index contributed by atoms with van der Waals surface area (Å²) in [5, 5.41) is 0. The summed E-state index contributed by atoms with van der Waals surface area (Å²) in [4.78, 5) is 13.2. The topological polar surface area (TPSA) is 64.7 Å². The fourth-order valence-corrected chi connectivity index (χ4v) is 0.222. The van der Waals surface area contributed by atoms with E-state index in [-0.39, 0.29) is 0 Å². The third-order valence-corrected chi connectivity index (χ3v) is 0.448. The van der Waals surface area contributed by atoms with E-state index < -0.39 is 6.09 Å². The highest BCUT2D eigenvalue weighted by Gasteiger charge is 1.90. The van der Waals surface area contributed by atoms with E-state index in [4.69, 9.17) is 5.73 Å².